The average Bonchev–Trinajstić information content (AvgIpc) is 2.35. The van der Waals surface area contributed by atoms with Crippen molar-refractivity contribution in [1.29, 1.82) is 0 Å². The minimum Gasteiger partial charge on any atom is -0.382 e. The van der Waals surface area contributed by atoms with Crippen molar-refractivity contribution >= 4 is 17.4 Å². The highest BCUT2D eigenvalue weighted by Crippen LogP contribution is 2.25. The third kappa shape index (κ3) is 3.55. The minimum atomic E-state index is -1.31. The molecule has 0 aliphatic heterocycles. The van der Waals surface area contributed by atoms with Crippen LogP contribution in [0, 0.1) is 5.92 Å². The Hall–Kier alpha value is -0.860. The number of alkyl halides is 1. The molecule has 0 bridgehead atoms. The van der Waals surface area contributed by atoms with Crippen molar-refractivity contribution < 1.29 is 9.90 Å². The van der Waals surface area contributed by atoms with Gasteiger partial charge in [0.1, 0.15) is 5.60 Å². The molecule has 3 heteroatoms. The third-order valence-corrected chi connectivity index (χ3v) is 3.44. The van der Waals surface area contributed by atoms with Crippen LogP contribution >= 0.6 is 11.6 Å². The monoisotopic (exact) mass is 254 g/mol. The Kier molecular flexibility index (Phi) is 5.16. The summed E-state index contributed by atoms with van der Waals surface area (Å²) in [6.07, 6.45) is 1.10. The van der Waals surface area contributed by atoms with Crippen molar-refractivity contribution in [3.63, 3.8) is 0 Å². The smallest absolute Gasteiger partial charge is 0.179 e. The van der Waals surface area contributed by atoms with Crippen molar-refractivity contribution in [2.75, 3.05) is 5.88 Å². The van der Waals surface area contributed by atoms with E-state index < -0.39 is 5.60 Å². The van der Waals surface area contributed by atoms with Crippen LogP contribution in [0.2, 0.25) is 0 Å². The molecule has 1 aromatic rings. The number of aliphatic hydroxyl groups is 1. The minimum absolute atomic E-state index is 0.127. The van der Waals surface area contributed by atoms with E-state index >= 15 is 0 Å². The first-order valence-electron chi connectivity index (χ1n) is 5.86. The molecule has 0 radical (unpaired) electrons. The number of ketones is 1. The van der Waals surface area contributed by atoms with E-state index in [-0.39, 0.29) is 17.6 Å². The van der Waals surface area contributed by atoms with Crippen LogP contribution in [0.3, 0.4) is 0 Å². The summed E-state index contributed by atoms with van der Waals surface area (Å²) >= 11 is 5.55. The van der Waals surface area contributed by atoms with Gasteiger partial charge in [-0.1, -0.05) is 44.2 Å². The van der Waals surface area contributed by atoms with Gasteiger partial charge in [-0.2, -0.15) is 0 Å². The number of hydrogen-bond donors (Lipinski definition) is 1. The van der Waals surface area contributed by atoms with Gasteiger partial charge in [0.15, 0.2) is 5.78 Å². The molecule has 0 fully saturated rings. The summed E-state index contributed by atoms with van der Waals surface area (Å²) in [4.78, 5) is 11.7. The standard InChI is InChI=1S/C14H19ClO2/c1-11(2)14(17,13(16)10-15)9-8-12-6-4-3-5-7-12/h3-7,11,17H,8-10H2,1-2H3. The largest absolute Gasteiger partial charge is 0.382 e. The van der Waals surface area contributed by atoms with E-state index in [0.717, 1.165) is 5.56 Å². The molecular formula is C14H19ClO2. The number of benzene rings is 1. The Morgan fingerprint density at radius 2 is 1.94 bits per heavy atom. The van der Waals surface area contributed by atoms with Crippen molar-refractivity contribution in [3.05, 3.63) is 35.9 Å². The first-order chi connectivity index (χ1) is 8.00. The highest BCUT2D eigenvalue weighted by molar-refractivity contribution is 6.28. The lowest BCUT2D eigenvalue weighted by molar-refractivity contribution is -0.140. The topological polar surface area (TPSA) is 37.3 Å². The molecule has 0 saturated carbocycles. The number of aryl methyl sites for hydroxylation is 1. The van der Waals surface area contributed by atoms with Crippen LogP contribution in [0.4, 0.5) is 0 Å². The Morgan fingerprint density at radius 1 is 1.35 bits per heavy atom. The maximum absolute atomic E-state index is 11.7. The normalized spacial score (nSPS) is 14.6. The summed E-state index contributed by atoms with van der Waals surface area (Å²) in [5.41, 5.74) is -0.189. The summed E-state index contributed by atoms with van der Waals surface area (Å²) in [5.74, 6) is -0.550. The lowest BCUT2D eigenvalue weighted by Gasteiger charge is -2.30. The van der Waals surface area contributed by atoms with Gasteiger partial charge < -0.3 is 5.11 Å². The summed E-state index contributed by atoms with van der Waals surface area (Å²) in [5, 5.41) is 10.4. The second-order valence-corrected chi connectivity index (χ2v) is 4.89. The molecule has 1 unspecified atom stereocenters. The maximum atomic E-state index is 11.7. The molecule has 0 aliphatic carbocycles. The van der Waals surface area contributed by atoms with E-state index in [4.69, 9.17) is 11.6 Å². The van der Waals surface area contributed by atoms with E-state index in [2.05, 4.69) is 0 Å². The number of rotatable bonds is 6. The Balaban J connectivity index is 2.72. The molecule has 17 heavy (non-hydrogen) atoms. The van der Waals surface area contributed by atoms with E-state index in [1.165, 1.54) is 0 Å². The maximum Gasteiger partial charge on any atom is 0.179 e. The average molecular weight is 255 g/mol. The van der Waals surface area contributed by atoms with Gasteiger partial charge in [0.25, 0.3) is 0 Å². The van der Waals surface area contributed by atoms with Crippen molar-refractivity contribution in [1.82, 2.24) is 0 Å². The molecule has 0 aromatic heterocycles. The summed E-state index contributed by atoms with van der Waals surface area (Å²) in [7, 11) is 0. The Labute approximate surface area is 108 Å². The lowest BCUT2D eigenvalue weighted by atomic mass is 9.82. The molecule has 1 aromatic carbocycles. The van der Waals surface area contributed by atoms with Gasteiger partial charge in [0.2, 0.25) is 0 Å². The van der Waals surface area contributed by atoms with Gasteiger partial charge in [-0.25, -0.2) is 0 Å². The molecule has 1 atom stereocenters. The van der Waals surface area contributed by atoms with Gasteiger partial charge in [-0.15, -0.1) is 11.6 Å². The SMILES string of the molecule is CC(C)C(O)(CCc1ccccc1)C(=O)CCl. The van der Waals surface area contributed by atoms with Gasteiger partial charge in [-0.05, 0) is 24.3 Å². The fourth-order valence-corrected chi connectivity index (χ4v) is 2.08. The lowest BCUT2D eigenvalue weighted by Crippen LogP contribution is -2.45. The van der Waals surface area contributed by atoms with E-state index in [0.29, 0.717) is 12.8 Å². The van der Waals surface area contributed by atoms with Crippen molar-refractivity contribution in [2.45, 2.75) is 32.3 Å². The zero-order valence-electron chi connectivity index (χ0n) is 10.3. The van der Waals surface area contributed by atoms with E-state index in [1.54, 1.807) is 0 Å². The van der Waals surface area contributed by atoms with Gasteiger partial charge in [0.05, 0.1) is 5.88 Å². The molecule has 94 valence electrons. The molecule has 0 heterocycles. The van der Waals surface area contributed by atoms with Crippen LogP contribution in [0.5, 0.6) is 0 Å². The van der Waals surface area contributed by atoms with Crippen LogP contribution in [0.1, 0.15) is 25.8 Å². The molecule has 0 aliphatic rings. The first-order valence-corrected chi connectivity index (χ1v) is 6.39. The quantitative estimate of drug-likeness (QED) is 0.793. The molecule has 1 N–H and O–H groups in total. The number of hydrogen-bond acceptors (Lipinski definition) is 2. The van der Waals surface area contributed by atoms with Gasteiger partial charge >= 0.3 is 0 Å². The molecular weight excluding hydrogens is 236 g/mol. The predicted molar refractivity (Wildman–Crippen MR) is 70.3 cm³/mol. The predicted octanol–water partition coefficient (Wildman–Crippen LogP) is 2.81. The number of halogens is 1. The fraction of sp³-hybridized carbons (Fsp3) is 0.500. The number of Topliss-reactive ketones (excluding diaryl/α,β-unsaturated/α-hetero) is 1. The fourth-order valence-electron chi connectivity index (χ4n) is 1.85. The molecule has 0 amide bonds. The summed E-state index contributed by atoms with van der Waals surface area (Å²) in [6, 6.07) is 9.83. The third-order valence-electron chi connectivity index (χ3n) is 3.20. The second kappa shape index (κ2) is 6.18. The summed E-state index contributed by atoms with van der Waals surface area (Å²) in [6.45, 7) is 3.69. The first kappa shape index (κ1) is 14.2. The van der Waals surface area contributed by atoms with Crippen LogP contribution in [0.25, 0.3) is 0 Å². The van der Waals surface area contributed by atoms with Crippen LogP contribution in [0.15, 0.2) is 30.3 Å². The molecule has 2 nitrogen and oxygen atoms in total. The Morgan fingerprint density at radius 3 is 2.41 bits per heavy atom. The van der Waals surface area contributed by atoms with Crippen LogP contribution in [-0.4, -0.2) is 22.4 Å². The number of carbonyl (C=O) groups excluding carboxylic acids is 1. The van der Waals surface area contributed by atoms with Crippen LogP contribution < -0.4 is 0 Å². The van der Waals surface area contributed by atoms with Gasteiger partial charge in [-0.3, -0.25) is 4.79 Å². The second-order valence-electron chi connectivity index (χ2n) is 4.62. The highest BCUT2D eigenvalue weighted by atomic mass is 35.5. The highest BCUT2D eigenvalue weighted by Gasteiger charge is 2.37. The van der Waals surface area contributed by atoms with Crippen molar-refractivity contribution in [3.8, 4) is 0 Å². The van der Waals surface area contributed by atoms with E-state index in [1.807, 2.05) is 44.2 Å². The zero-order valence-corrected chi connectivity index (χ0v) is 11.1. The Bertz CT molecular complexity index is 362. The molecule has 0 spiro atoms. The zero-order chi connectivity index (χ0) is 12.9. The molecule has 1 rings (SSSR count). The molecule has 0 saturated heterocycles. The van der Waals surface area contributed by atoms with Gasteiger partial charge in [0, 0.05) is 0 Å². The van der Waals surface area contributed by atoms with Crippen LogP contribution in [-0.2, 0) is 11.2 Å². The van der Waals surface area contributed by atoms with E-state index in [9.17, 15) is 9.90 Å². The summed E-state index contributed by atoms with van der Waals surface area (Å²) < 4.78 is 0. The number of carbonyl (C=O) groups is 1. The van der Waals surface area contributed by atoms with Crippen molar-refractivity contribution in [2.24, 2.45) is 5.92 Å².